The lowest BCUT2D eigenvalue weighted by atomic mass is 10.1. The third-order valence-electron chi connectivity index (χ3n) is 3.21. The average molecular weight is 255 g/mol. The summed E-state index contributed by atoms with van der Waals surface area (Å²) >= 11 is 0. The maximum Gasteiger partial charge on any atom is 0.129 e. The molecule has 2 aromatic carbocycles. The van der Waals surface area contributed by atoms with Crippen LogP contribution < -0.4 is 4.74 Å². The van der Waals surface area contributed by atoms with E-state index >= 15 is 0 Å². The Hall–Kier alpha value is -2.10. The van der Waals surface area contributed by atoms with Gasteiger partial charge in [-0.05, 0) is 6.42 Å². The van der Waals surface area contributed by atoms with E-state index in [1.165, 1.54) is 0 Å². The lowest BCUT2D eigenvalue weighted by Crippen LogP contribution is -1.97. The lowest BCUT2D eigenvalue weighted by molar-refractivity contribution is 0.313. The van der Waals surface area contributed by atoms with E-state index in [1.807, 2.05) is 25.2 Å². The molecule has 0 aliphatic rings. The number of hydrogen-bond donors (Lipinski definition) is 0. The van der Waals surface area contributed by atoms with E-state index in [9.17, 15) is 0 Å². The van der Waals surface area contributed by atoms with Gasteiger partial charge in [-0.15, -0.1) is 0 Å². The number of rotatable bonds is 4. The standard InChI is InChI=1S/C15H17N3O/c1-3-4-9-19-14-10-13-15(17-18(2)16-13)12-8-6-5-7-11(12)14/h5-8,10H,3-4,9H2,1-2H3. The number of hydrogen-bond acceptors (Lipinski definition) is 3. The Labute approximate surface area is 112 Å². The molecule has 0 radical (unpaired) electrons. The largest absolute Gasteiger partial charge is 0.493 e. The van der Waals surface area contributed by atoms with Gasteiger partial charge in [0.15, 0.2) is 0 Å². The summed E-state index contributed by atoms with van der Waals surface area (Å²) < 4.78 is 5.90. The molecule has 98 valence electrons. The number of ether oxygens (including phenoxy) is 1. The third kappa shape index (κ3) is 2.14. The van der Waals surface area contributed by atoms with Crippen molar-refractivity contribution in [3.05, 3.63) is 30.3 Å². The van der Waals surface area contributed by atoms with Crippen molar-refractivity contribution in [3.8, 4) is 5.75 Å². The van der Waals surface area contributed by atoms with Gasteiger partial charge in [0.25, 0.3) is 0 Å². The molecule has 4 heteroatoms. The highest BCUT2D eigenvalue weighted by Crippen LogP contribution is 2.31. The minimum atomic E-state index is 0.742. The zero-order valence-corrected chi connectivity index (χ0v) is 11.3. The summed E-state index contributed by atoms with van der Waals surface area (Å²) in [6.45, 7) is 2.90. The molecule has 1 heterocycles. The second-order valence-corrected chi connectivity index (χ2v) is 4.68. The summed E-state index contributed by atoms with van der Waals surface area (Å²) in [5.41, 5.74) is 1.81. The molecule has 0 aliphatic carbocycles. The maximum atomic E-state index is 5.90. The molecule has 3 rings (SSSR count). The molecule has 0 unspecified atom stereocenters. The lowest BCUT2D eigenvalue weighted by Gasteiger charge is -2.08. The van der Waals surface area contributed by atoms with E-state index in [0.717, 1.165) is 47.0 Å². The first-order chi connectivity index (χ1) is 9.29. The number of unbranched alkanes of at least 4 members (excludes halogenated alkanes) is 1. The quantitative estimate of drug-likeness (QED) is 0.671. The van der Waals surface area contributed by atoms with E-state index < -0.39 is 0 Å². The molecule has 3 aromatic rings. The van der Waals surface area contributed by atoms with Gasteiger partial charge in [-0.25, -0.2) is 0 Å². The highest BCUT2D eigenvalue weighted by molar-refractivity contribution is 6.06. The van der Waals surface area contributed by atoms with Gasteiger partial charge in [0.05, 0.1) is 6.61 Å². The Bertz CT molecular complexity index is 718. The van der Waals surface area contributed by atoms with Crippen molar-refractivity contribution in [1.29, 1.82) is 0 Å². The van der Waals surface area contributed by atoms with Crippen LogP contribution in [0.5, 0.6) is 5.75 Å². The maximum absolute atomic E-state index is 5.90. The Balaban J connectivity index is 2.17. The number of aryl methyl sites for hydroxylation is 1. The molecule has 0 saturated carbocycles. The first-order valence-electron chi connectivity index (χ1n) is 6.65. The van der Waals surface area contributed by atoms with Gasteiger partial charge in [-0.1, -0.05) is 37.6 Å². The third-order valence-corrected chi connectivity index (χ3v) is 3.21. The topological polar surface area (TPSA) is 39.9 Å². The fourth-order valence-corrected chi connectivity index (χ4v) is 2.26. The Morgan fingerprint density at radius 3 is 2.74 bits per heavy atom. The second kappa shape index (κ2) is 4.88. The molecule has 4 nitrogen and oxygen atoms in total. The van der Waals surface area contributed by atoms with E-state index in [2.05, 4.69) is 29.3 Å². The molecule has 19 heavy (non-hydrogen) atoms. The Morgan fingerprint density at radius 1 is 1.16 bits per heavy atom. The van der Waals surface area contributed by atoms with Gasteiger partial charge in [-0.2, -0.15) is 15.0 Å². The number of aromatic nitrogens is 3. The molecule has 0 atom stereocenters. The van der Waals surface area contributed by atoms with Crippen LogP contribution in [0.1, 0.15) is 19.8 Å². The highest BCUT2D eigenvalue weighted by atomic mass is 16.5. The van der Waals surface area contributed by atoms with Crippen LogP contribution in [0.15, 0.2) is 30.3 Å². The van der Waals surface area contributed by atoms with Gasteiger partial charge in [0, 0.05) is 23.9 Å². The van der Waals surface area contributed by atoms with E-state index in [0.29, 0.717) is 0 Å². The summed E-state index contributed by atoms with van der Waals surface area (Å²) in [6.07, 6.45) is 2.19. The van der Waals surface area contributed by atoms with Crippen molar-refractivity contribution < 1.29 is 4.74 Å². The average Bonchev–Trinajstić information content (AvgIpc) is 2.80. The molecule has 0 fully saturated rings. The molecule has 0 amide bonds. The molecular weight excluding hydrogens is 238 g/mol. The number of fused-ring (bicyclic) bond motifs is 3. The molecule has 0 aliphatic heterocycles. The van der Waals surface area contributed by atoms with Gasteiger partial charge < -0.3 is 4.74 Å². The van der Waals surface area contributed by atoms with Gasteiger partial charge in [0.1, 0.15) is 16.8 Å². The second-order valence-electron chi connectivity index (χ2n) is 4.68. The van der Waals surface area contributed by atoms with E-state index in [4.69, 9.17) is 4.74 Å². The van der Waals surface area contributed by atoms with Crippen LogP contribution in [-0.2, 0) is 7.05 Å². The van der Waals surface area contributed by atoms with Crippen LogP contribution in [0.3, 0.4) is 0 Å². The summed E-state index contributed by atoms with van der Waals surface area (Å²) in [7, 11) is 1.84. The van der Waals surface area contributed by atoms with Crippen LogP contribution in [0.25, 0.3) is 21.8 Å². The number of nitrogens with zero attached hydrogens (tertiary/aromatic N) is 3. The van der Waals surface area contributed by atoms with Crippen LogP contribution in [0, 0.1) is 0 Å². The molecule has 1 aromatic heterocycles. The molecule has 0 spiro atoms. The SMILES string of the molecule is CCCCOc1cc2nn(C)nc2c2ccccc12. The summed E-state index contributed by atoms with van der Waals surface area (Å²) in [6, 6.07) is 10.2. The zero-order chi connectivity index (χ0) is 13.2. The Morgan fingerprint density at radius 2 is 1.95 bits per heavy atom. The van der Waals surface area contributed by atoms with Gasteiger partial charge in [-0.3, -0.25) is 0 Å². The zero-order valence-electron chi connectivity index (χ0n) is 11.3. The van der Waals surface area contributed by atoms with Crippen molar-refractivity contribution in [2.24, 2.45) is 7.05 Å². The first kappa shape index (κ1) is 12.0. The summed E-state index contributed by atoms with van der Waals surface area (Å²) in [4.78, 5) is 1.60. The van der Waals surface area contributed by atoms with Crippen molar-refractivity contribution in [3.63, 3.8) is 0 Å². The summed E-state index contributed by atoms with van der Waals surface area (Å²) in [5.74, 6) is 0.900. The first-order valence-corrected chi connectivity index (χ1v) is 6.65. The van der Waals surface area contributed by atoms with Gasteiger partial charge >= 0.3 is 0 Å². The molecule has 0 N–H and O–H groups in total. The van der Waals surface area contributed by atoms with Crippen molar-refractivity contribution in [1.82, 2.24) is 15.0 Å². The predicted octanol–water partition coefficient (Wildman–Crippen LogP) is 3.30. The molecule has 0 saturated heterocycles. The fraction of sp³-hybridized carbons (Fsp3) is 0.333. The van der Waals surface area contributed by atoms with Crippen molar-refractivity contribution >= 4 is 21.8 Å². The van der Waals surface area contributed by atoms with Gasteiger partial charge in [0.2, 0.25) is 0 Å². The normalized spacial score (nSPS) is 11.3. The van der Waals surface area contributed by atoms with Crippen LogP contribution in [-0.4, -0.2) is 21.6 Å². The molecule has 0 bridgehead atoms. The van der Waals surface area contributed by atoms with Crippen LogP contribution in [0.4, 0.5) is 0 Å². The van der Waals surface area contributed by atoms with Crippen molar-refractivity contribution in [2.45, 2.75) is 19.8 Å². The minimum absolute atomic E-state index is 0.742. The summed E-state index contributed by atoms with van der Waals surface area (Å²) in [5, 5.41) is 11.0. The van der Waals surface area contributed by atoms with E-state index in [1.54, 1.807) is 4.80 Å². The van der Waals surface area contributed by atoms with E-state index in [-0.39, 0.29) is 0 Å². The van der Waals surface area contributed by atoms with Crippen molar-refractivity contribution in [2.75, 3.05) is 6.61 Å². The fourth-order valence-electron chi connectivity index (χ4n) is 2.26. The Kier molecular flexibility index (Phi) is 3.07. The molecular formula is C15H17N3O. The van der Waals surface area contributed by atoms with Crippen LogP contribution in [0.2, 0.25) is 0 Å². The monoisotopic (exact) mass is 255 g/mol. The minimum Gasteiger partial charge on any atom is -0.493 e. The smallest absolute Gasteiger partial charge is 0.129 e. The predicted molar refractivity (Wildman–Crippen MR) is 76.4 cm³/mol. The number of benzene rings is 2. The highest BCUT2D eigenvalue weighted by Gasteiger charge is 2.10. The van der Waals surface area contributed by atoms with Crippen LogP contribution >= 0.6 is 0 Å².